The number of rotatable bonds is 3. The molecular weight excluding hydrogens is 264 g/mol. The van der Waals surface area contributed by atoms with Gasteiger partial charge in [0.1, 0.15) is 0 Å². The van der Waals surface area contributed by atoms with Crippen LogP contribution < -0.4 is 10.4 Å². The smallest absolute Gasteiger partial charge is 0.0519 e. The Morgan fingerprint density at radius 1 is 1.10 bits per heavy atom. The average Bonchev–Trinajstić information content (AvgIpc) is 2.45. The van der Waals surface area contributed by atoms with Crippen molar-refractivity contribution in [2.24, 2.45) is 5.41 Å². The molecule has 0 fully saturated rings. The highest BCUT2D eigenvalue weighted by molar-refractivity contribution is 6.32. The van der Waals surface area contributed by atoms with E-state index in [4.69, 9.17) is 11.6 Å². The summed E-state index contributed by atoms with van der Waals surface area (Å²) in [5.74, 6) is 0.227. The molecule has 0 aromatic heterocycles. The van der Waals surface area contributed by atoms with Crippen LogP contribution in [0.15, 0.2) is 36.9 Å². The lowest BCUT2D eigenvalue weighted by atomic mass is 9.75. The van der Waals surface area contributed by atoms with Crippen LogP contribution in [-0.4, -0.2) is 0 Å². The minimum Gasteiger partial charge on any atom is -0.103 e. The summed E-state index contributed by atoms with van der Waals surface area (Å²) in [7, 11) is 0. The number of allylic oxidation sites excluding steroid dienone is 1. The van der Waals surface area contributed by atoms with Gasteiger partial charge in [0.15, 0.2) is 0 Å². The van der Waals surface area contributed by atoms with Gasteiger partial charge in [0.2, 0.25) is 0 Å². The molecule has 0 aliphatic rings. The van der Waals surface area contributed by atoms with Gasteiger partial charge in [-0.05, 0) is 38.1 Å². The van der Waals surface area contributed by atoms with Crippen LogP contribution in [0.1, 0.15) is 32.3 Å². The van der Waals surface area contributed by atoms with Crippen LogP contribution in [0.3, 0.4) is 0 Å². The molecule has 0 radical (unpaired) electrons. The topological polar surface area (TPSA) is 0 Å². The predicted octanol–water partition coefficient (Wildman–Crippen LogP) is 4.63. The van der Waals surface area contributed by atoms with Crippen LogP contribution in [0.5, 0.6) is 0 Å². The molecule has 2 aromatic rings. The van der Waals surface area contributed by atoms with E-state index in [1.165, 1.54) is 0 Å². The Hall–Kier alpha value is -1.53. The Balaban J connectivity index is 2.89. The van der Waals surface area contributed by atoms with E-state index in [0.29, 0.717) is 0 Å². The van der Waals surface area contributed by atoms with Crippen LogP contribution >= 0.6 is 11.6 Å². The van der Waals surface area contributed by atoms with Crippen molar-refractivity contribution in [3.8, 4) is 0 Å². The van der Waals surface area contributed by atoms with Gasteiger partial charge in [0, 0.05) is 0 Å². The molecular formula is C19H21Cl. The summed E-state index contributed by atoms with van der Waals surface area (Å²) in [6, 6.07) is 8.16. The van der Waals surface area contributed by atoms with Crippen LogP contribution in [0.25, 0.3) is 23.9 Å². The van der Waals surface area contributed by atoms with Gasteiger partial charge in [-0.3, -0.25) is 0 Å². The second kappa shape index (κ2) is 5.10. The molecule has 0 bridgehead atoms. The summed E-state index contributed by atoms with van der Waals surface area (Å²) in [6.45, 7) is 18.9. The quantitative estimate of drug-likeness (QED) is 0.721. The van der Waals surface area contributed by atoms with Gasteiger partial charge in [-0.25, -0.2) is 0 Å². The monoisotopic (exact) mass is 284 g/mol. The van der Waals surface area contributed by atoms with E-state index >= 15 is 0 Å². The third-order valence-corrected chi connectivity index (χ3v) is 4.91. The fraction of sp³-hybridized carbons (Fsp3) is 0.263. The number of benzene rings is 2. The molecule has 0 saturated heterocycles. The molecule has 1 unspecified atom stereocenters. The van der Waals surface area contributed by atoms with Gasteiger partial charge in [-0.15, -0.1) is 6.58 Å². The molecule has 0 spiro atoms. The Morgan fingerprint density at radius 3 is 2.10 bits per heavy atom. The van der Waals surface area contributed by atoms with Crippen molar-refractivity contribution >= 4 is 35.5 Å². The van der Waals surface area contributed by atoms with Crippen molar-refractivity contribution in [1.29, 1.82) is 0 Å². The molecule has 0 N–H and O–H groups in total. The maximum atomic E-state index is 6.60. The normalized spacial score (nSPS) is 13.4. The zero-order valence-corrected chi connectivity index (χ0v) is 13.2. The number of hydrogen-bond donors (Lipinski definition) is 0. The lowest BCUT2D eigenvalue weighted by Gasteiger charge is -2.30. The van der Waals surface area contributed by atoms with E-state index in [2.05, 4.69) is 46.6 Å². The number of hydrogen-bond acceptors (Lipinski definition) is 0. The van der Waals surface area contributed by atoms with Crippen molar-refractivity contribution in [2.45, 2.75) is 26.7 Å². The zero-order chi connectivity index (χ0) is 15.1. The van der Waals surface area contributed by atoms with E-state index in [1.54, 1.807) is 0 Å². The van der Waals surface area contributed by atoms with Gasteiger partial charge in [-0.1, -0.05) is 75.9 Å². The first-order chi connectivity index (χ1) is 9.31. The molecule has 0 nitrogen and oxygen atoms in total. The minimum absolute atomic E-state index is 0.0506. The summed E-state index contributed by atoms with van der Waals surface area (Å²) in [5.41, 5.74) is 1.03. The highest BCUT2D eigenvalue weighted by atomic mass is 35.5. The van der Waals surface area contributed by atoms with E-state index < -0.39 is 0 Å². The molecule has 0 amide bonds. The molecule has 0 saturated carbocycles. The van der Waals surface area contributed by atoms with Gasteiger partial charge in [0.25, 0.3) is 0 Å². The maximum absolute atomic E-state index is 6.60. The Morgan fingerprint density at radius 2 is 1.60 bits per heavy atom. The number of fused-ring (bicyclic) bond motifs is 1. The van der Waals surface area contributed by atoms with Crippen molar-refractivity contribution in [2.75, 3.05) is 0 Å². The Kier molecular flexibility index (Phi) is 3.80. The summed E-state index contributed by atoms with van der Waals surface area (Å²) < 4.78 is 0. The highest BCUT2D eigenvalue weighted by Gasteiger charge is 2.27. The third kappa shape index (κ3) is 2.19. The lowest BCUT2D eigenvalue weighted by molar-refractivity contribution is 0.395. The van der Waals surface area contributed by atoms with Gasteiger partial charge in [-0.2, -0.15) is 0 Å². The minimum atomic E-state index is -0.0506. The lowest BCUT2D eigenvalue weighted by Crippen LogP contribution is -2.26. The van der Waals surface area contributed by atoms with Gasteiger partial charge < -0.3 is 0 Å². The molecule has 1 atom stereocenters. The SMILES string of the molecule is C=CC(C)(C)C(C)c1c(Cl)c(=C)c2ccccc2c1=C. The van der Waals surface area contributed by atoms with Gasteiger partial charge in [0.05, 0.1) is 5.02 Å². The van der Waals surface area contributed by atoms with Gasteiger partial charge >= 0.3 is 0 Å². The summed E-state index contributed by atoms with van der Waals surface area (Å²) in [4.78, 5) is 0. The van der Waals surface area contributed by atoms with Crippen LogP contribution in [-0.2, 0) is 0 Å². The van der Waals surface area contributed by atoms with E-state index in [-0.39, 0.29) is 11.3 Å². The molecule has 2 aromatic carbocycles. The standard InChI is InChI=1S/C19H21Cl/c1-7-19(5,6)14(4)17-12(2)15-10-8-9-11-16(15)13(3)18(17)20/h7-11,14H,1-3H2,4-6H3. The van der Waals surface area contributed by atoms with Crippen LogP contribution in [0.2, 0.25) is 5.02 Å². The van der Waals surface area contributed by atoms with Crippen molar-refractivity contribution in [3.05, 3.63) is 57.9 Å². The van der Waals surface area contributed by atoms with Crippen LogP contribution in [0, 0.1) is 5.41 Å². The van der Waals surface area contributed by atoms with E-state index in [1.807, 2.05) is 24.3 Å². The Labute approximate surface area is 126 Å². The second-order valence-electron chi connectivity index (χ2n) is 5.98. The molecule has 2 rings (SSSR count). The number of halogens is 1. The van der Waals surface area contributed by atoms with E-state index in [9.17, 15) is 0 Å². The first kappa shape index (κ1) is 14.9. The summed E-state index contributed by atoms with van der Waals surface area (Å²) in [6.07, 6.45) is 1.98. The fourth-order valence-electron chi connectivity index (χ4n) is 2.57. The average molecular weight is 285 g/mol. The largest absolute Gasteiger partial charge is 0.103 e. The third-order valence-electron chi connectivity index (χ3n) is 4.48. The van der Waals surface area contributed by atoms with Crippen LogP contribution in [0.4, 0.5) is 0 Å². The molecule has 0 aliphatic carbocycles. The zero-order valence-electron chi connectivity index (χ0n) is 12.5. The molecule has 0 aliphatic heterocycles. The highest BCUT2D eigenvalue weighted by Crippen LogP contribution is 2.37. The molecule has 0 heterocycles. The summed E-state index contributed by atoms with van der Waals surface area (Å²) in [5, 5.41) is 4.83. The first-order valence-corrected chi connectivity index (χ1v) is 7.20. The van der Waals surface area contributed by atoms with E-state index in [0.717, 1.165) is 31.8 Å². The molecule has 1 heteroatoms. The predicted molar refractivity (Wildman–Crippen MR) is 91.6 cm³/mol. The van der Waals surface area contributed by atoms with Crippen molar-refractivity contribution in [3.63, 3.8) is 0 Å². The second-order valence-corrected chi connectivity index (χ2v) is 6.36. The van der Waals surface area contributed by atoms with Crippen molar-refractivity contribution < 1.29 is 0 Å². The maximum Gasteiger partial charge on any atom is 0.0519 e. The first-order valence-electron chi connectivity index (χ1n) is 6.83. The van der Waals surface area contributed by atoms with Crippen molar-refractivity contribution in [1.82, 2.24) is 0 Å². The molecule has 104 valence electrons. The fourth-order valence-corrected chi connectivity index (χ4v) is 2.95. The summed E-state index contributed by atoms with van der Waals surface area (Å²) >= 11 is 6.60. The Bertz CT molecular complexity index is 768. The molecule has 20 heavy (non-hydrogen) atoms.